The molecule has 0 bridgehead atoms. The van der Waals surface area contributed by atoms with Gasteiger partial charge in [-0.15, -0.1) is 0 Å². The third kappa shape index (κ3) is 7.35. The average Bonchev–Trinajstić information content (AvgIpc) is 2.78. The third-order valence-corrected chi connectivity index (χ3v) is 5.97. The molecule has 0 saturated carbocycles. The van der Waals surface area contributed by atoms with Gasteiger partial charge in [0, 0.05) is 17.4 Å². The molecular formula is C26H34BrN3O5. The van der Waals surface area contributed by atoms with E-state index >= 15 is 0 Å². The number of likely N-dealkylation sites (N-methyl/N-ethyl adjacent to an activating group) is 1. The lowest BCUT2D eigenvalue weighted by molar-refractivity contribution is -0.121. The number of carbonyl (C=O) groups is 2. The van der Waals surface area contributed by atoms with Gasteiger partial charge in [0.1, 0.15) is 29.7 Å². The molecule has 0 aromatic heterocycles. The molecule has 1 aliphatic rings. The third-order valence-electron chi connectivity index (χ3n) is 5.47. The van der Waals surface area contributed by atoms with Crippen molar-refractivity contribution in [2.45, 2.75) is 45.4 Å². The maximum Gasteiger partial charge on any atom is 0.411 e. The second kappa shape index (κ2) is 11.3. The number of fused-ring (bicyclic) bond motifs is 1. The Kier molecular flexibility index (Phi) is 8.66. The van der Waals surface area contributed by atoms with Gasteiger partial charge in [0.25, 0.3) is 0 Å². The quantitative estimate of drug-likeness (QED) is 0.541. The van der Waals surface area contributed by atoms with Crippen molar-refractivity contribution in [3.63, 3.8) is 0 Å². The first kappa shape index (κ1) is 26.8. The van der Waals surface area contributed by atoms with E-state index in [0.717, 1.165) is 22.1 Å². The van der Waals surface area contributed by atoms with Crippen molar-refractivity contribution < 1.29 is 23.8 Å². The van der Waals surface area contributed by atoms with Crippen molar-refractivity contribution in [3.8, 4) is 11.5 Å². The molecule has 2 aromatic carbocycles. The summed E-state index contributed by atoms with van der Waals surface area (Å²) in [5.74, 6) is 0.943. The van der Waals surface area contributed by atoms with Crippen LogP contribution >= 0.6 is 15.9 Å². The number of amides is 2. The molecule has 3 rings (SSSR count). The smallest absolute Gasteiger partial charge is 0.411 e. The van der Waals surface area contributed by atoms with Gasteiger partial charge in [0.15, 0.2) is 0 Å². The van der Waals surface area contributed by atoms with Crippen molar-refractivity contribution in [3.05, 3.63) is 52.0 Å². The maximum absolute atomic E-state index is 13.6. The van der Waals surface area contributed by atoms with E-state index in [1.807, 2.05) is 70.1 Å². The van der Waals surface area contributed by atoms with Crippen LogP contribution in [0.2, 0.25) is 0 Å². The average molecular weight is 548 g/mol. The minimum Gasteiger partial charge on any atom is -0.497 e. The van der Waals surface area contributed by atoms with Crippen LogP contribution < -0.4 is 14.8 Å². The molecule has 1 atom stereocenters. The van der Waals surface area contributed by atoms with Crippen LogP contribution in [0.4, 0.5) is 10.5 Å². The highest BCUT2D eigenvalue weighted by Gasteiger charge is 2.37. The molecule has 9 heteroatoms. The van der Waals surface area contributed by atoms with E-state index in [-0.39, 0.29) is 12.5 Å². The van der Waals surface area contributed by atoms with Gasteiger partial charge >= 0.3 is 6.09 Å². The highest BCUT2D eigenvalue weighted by atomic mass is 79.9. The van der Waals surface area contributed by atoms with Crippen LogP contribution in [0.15, 0.2) is 40.9 Å². The number of carbonyl (C=O) groups excluding carboxylic acids is 2. The molecule has 190 valence electrons. The zero-order valence-corrected chi connectivity index (χ0v) is 22.8. The number of rotatable bonds is 7. The van der Waals surface area contributed by atoms with E-state index in [1.165, 1.54) is 4.90 Å². The van der Waals surface area contributed by atoms with Crippen LogP contribution in [0, 0.1) is 0 Å². The summed E-state index contributed by atoms with van der Waals surface area (Å²) in [5, 5.41) is 2.97. The predicted molar refractivity (Wildman–Crippen MR) is 139 cm³/mol. The van der Waals surface area contributed by atoms with Crippen LogP contribution in [-0.2, 0) is 22.5 Å². The summed E-state index contributed by atoms with van der Waals surface area (Å²) in [6.07, 6.45) is -0.192. The zero-order chi connectivity index (χ0) is 25.8. The van der Waals surface area contributed by atoms with Gasteiger partial charge in [0.05, 0.1) is 19.3 Å². The Morgan fingerprint density at radius 3 is 2.54 bits per heavy atom. The highest BCUT2D eigenvalue weighted by molar-refractivity contribution is 9.10. The summed E-state index contributed by atoms with van der Waals surface area (Å²) < 4.78 is 17.8. The number of methoxy groups -OCH3 is 1. The Bertz CT molecular complexity index is 1070. The van der Waals surface area contributed by atoms with Crippen molar-refractivity contribution in [2.75, 3.05) is 39.7 Å². The summed E-state index contributed by atoms with van der Waals surface area (Å²) >= 11 is 3.46. The first-order chi connectivity index (χ1) is 16.5. The molecule has 2 aromatic rings. The number of nitrogens with one attached hydrogen (secondary N) is 1. The van der Waals surface area contributed by atoms with Gasteiger partial charge in [-0.25, -0.2) is 4.79 Å². The molecule has 0 unspecified atom stereocenters. The summed E-state index contributed by atoms with van der Waals surface area (Å²) in [6.45, 7) is 6.88. The monoisotopic (exact) mass is 547 g/mol. The largest absolute Gasteiger partial charge is 0.497 e. The first-order valence-electron chi connectivity index (χ1n) is 11.5. The van der Waals surface area contributed by atoms with Gasteiger partial charge in [-0.2, -0.15) is 0 Å². The normalized spacial score (nSPS) is 15.4. The summed E-state index contributed by atoms with van der Waals surface area (Å²) in [6, 6.07) is 10.4. The number of nitrogens with zero attached hydrogens (tertiary/aromatic N) is 2. The van der Waals surface area contributed by atoms with Gasteiger partial charge in [-0.3, -0.25) is 9.69 Å². The standard InChI is InChI=1S/C26H34BrN3O5/c1-26(2,3)35-25(32)30-16-17-7-9-20(33-6)13-18(17)14-22(30)24(31)28-21-10-8-19(27)15-23(21)34-12-11-29(4)5/h7-10,13,15,22H,11-12,14,16H2,1-6H3,(H,28,31)/t22-/m1/s1. The van der Waals surface area contributed by atoms with E-state index in [4.69, 9.17) is 14.2 Å². The predicted octanol–water partition coefficient (Wildman–Crippen LogP) is 4.70. The Morgan fingerprint density at radius 1 is 1.14 bits per heavy atom. The zero-order valence-electron chi connectivity index (χ0n) is 21.2. The second-order valence-electron chi connectivity index (χ2n) is 9.74. The highest BCUT2D eigenvalue weighted by Crippen LogP contribution is 2.32. The number of ether oxygens (including phenoxy) is 3. The SMILES string of the molecule is COc1ccc2c(c1)C[C@H](C(=O)Nc1ccc(Br)cc1OCCN(C)C)N(C(=O)OC(C)(C)C)C2. The fourth-order valence-electron chi connectivity index (χ4n) is 3.71. The molecule has 35 heavy (non-hydrogen) atoms. The molecule has 8 nitrogen and oxygen atoms in total. The molecule has 2 amide bonds. The summed E-state index contributed by atoms with van der Waals surface area (Å²) in [7, 11) is 5.54. The number of halogens is 1. The van der Waals surface area contributed by atoms with E-state index in [1.54, 1.807) is 13.2 Å². The van der Waals surface area contributed by atoms with Gasteiger partial charge < -0.3 is 24.4 Å². The molecule has 0 spiro atoms. The van der Waals surface area contributed by atoms with Crippen LogP contribution in [0.25, 0.3) is 0 Å². The van der Waals surface area contributed by atoms with Crippen molar-refractivity contribution >= 4 is 33.6 Å². The van der Waals surface area contributed by atoms with Crippen LogP contribution in [0.1, 0.15) is 31.9 Å². The molecule has 0 saturated heterocycles. The van der Waals surface area contributed by atoms with Gasteiger partial charge in [0.2, 0.25) is 5.91 Å². The lowest BCUT2D eigenvalue weighted by Gasteiger charge is -2.37. The van der Waals surface area contributed by atoms with Crippen molar-refractivity contribution in [1.29, 1.82) is 0 Å². The summed E-state index contributed by atoms with van der Waals surface area (Å²) in [5.41, 5.74) is 1.77. The van der Waals surface area contributed by atoms with Crippen molar-refractivity contribution in [2.24, 2.45) is 0 Å². The minimum absolute atomic E-state index is 0.263. The molecule has 1 heterocycles. The number of benzene rings is 2. The molecule has 0 radical (unpaired) electrons. The Labute approximate surface area is 215 Å². The fraction of sp³-hybridized carbons (Fsp3) is 0.462. The molecular weight excluding hydrogens is 514 g/mol. The van der Waals surface area contributed by atoms with E-state index in [9.17, 15) is 9.59 Å². The molecule has 0 aliphatic carbocycles. The van der Waals surface area contributed by atoms with E-state index < -0.39 is 17.7 Å². The number of hydrogen-bond acceptors (Lipinski definition) is 6. The maximum atomic E-state index is 13.6. The summed E-state index contributed by atoms with van der Waals surface area (Å²) in [4.78, 5) is 30.2. The lowest BCUT2D eigenvalue weighted by Crippen LogP contribution is -2.52. The molecule has 1 N–H and O–H groups in total. The second-order valence-corrected chi connectivity index (χ2v) is 10.7. The van der Waals surface area contributed by atoms with Crippen LogP contribution in [0.3, 0.4) is 0 Å². The van der Waals surface area contributed by atoms with Crippen LogP contribution in [0.5, 0.6) is 11.5 Å². The van der Waals surface area contributed by atoms with Crippen LogP contribution in [-0.4, -0.2) is 67.8 Å². The van der Waals surface area contributed by atoms with Gasteiger partial charge in [-0.1, -0.05) is 22.0 Å². The fourth-order valence-corrected chi connectivity index (χ4v) is 4.05. The lowest BCUT2D eigenvalue weighted by atomic mass is 9.93. The Morgan fingerprint density at radius 2 is 1.89 bits per heavy atom. The number of anilines is 1. The van der Waals surface area contributed by atoms with Gasteiger partial charge in [-0.05, 0) is 76.3 Å². The first-order valence-corrected chi connectivity index (χ1v) is 12.3. The minimum atomic E-state index is -0.761. The number of hydrogen-bond donors (Lipinski definition) is 1. The topological polar surface area (TPSA) is 80.3 Å². The Balaban J connectivity index is 1.88. The van der Waals surface area contributed by atoms with Crippen molar-refractivity contribution in [1.82, 2.24) is 9.80 Å². The molecule has 1 aliphatic heterocycles. The van der Waals surface area contributed by atoms with E-state index in [0.29, 0.717) is 30.2 Å². The van der Waals surface area contributed by atoms with E-state index in [2.05, 4.69) is 21.2 Å². The Hall–Kier alpha value is -2.78. The molecule has 0 fully saturated rings.